The Morgan fingerprint density at radius 1 is 0.654 bits per heavy atom. The third-order valence-electron chi connectivity index (χ3n) is 5.66. The van der Waals surface area contributed by atoms with Crippen molar-refractivity contribution in [2.45, 2.75) is 64.2 Å². The largest absolute Gasteiger partial charge is 0.484 e. The summed E-state index contributed by atoms with van der Waals surface area (Å²) in [5.74, 6) is 2.69. The first-order valence-electron chi connectivity index (χ1n) is 10.2. The molecule has 4 nitrogen and oxygen atoms in total. The Morgan fingerprint density at radius 2 is 1.00 bits per heavy atom. The topological polar surface area (TPSA) is 43.2 Å². The smallest absolute Gasteiger partial charge is 0.191 e. The molecule has 0 aromatic heterocycles. The molecule has 0 heterocycles. The average Bonchev–Trinajstić information content (AvgIpc) is 2.72. The number of ether oxygens (including phenoxy) is 2. The normalized spacial score (nSPS) is 20.8. The lowest BCUT2D eigenvalue weighted by Crippen LogP contribution is -2.19. The summed E-state index contributed by atoms with van der Waals surface area (Å²) in [6, 6.07) is 8.09. The zero-order valence-corrected chi connectivity index (χ0v) is 16.2. The summed E-state index contributed by atoms with van der Waals surface area (Å²) in [4.78, 5) is 9.49. The van der Waals surface area contributed by atoms with E-state index in [0.29, 0.717) is 11.8 Å². The third kappa shape index (κ3) is 5.09. The first-order chi connectivity index (χ1) is 12.8. The predicted octanol–water partition coefficient (Wildman–Crippen LogP) is 6.20. The molecule has 1 aromatic carbocycles. The van der Waals surface area contributed by atoms with Crippen LogP contribution in [-0.4, -0.2) is 26.0 Å². The Morgan fingerprint density at radius 3 is 1.31 bits per heavy atom. The van der Waals surface area contributed by atoms with Crippen molar-refractivity contribution in [3.05, 3.63) is 24.3 Å². The fraction of sp³-hybridized carbons (Fsp3) is 0.636. The maximum atomic E-state index is 5.59. The summed E-state index contributed by atoms with van der Waals surface area (Å²) in [6.45, 7) is 0. The van der Waals surface area contributed by atoms with Gasteiger partial charge in [-0.25, -0.2) is 9.98 Å². The molecule has 0 N–H and O–H groups in total. The van der Waals surface area contributed by atoms with E-state index in [1.165, 1.54) is 64.2 Å². The van der Waals surface area contributed by atoms with E-state index in [4.69, 9.17) is 19.5 Å². The van der Waals surface area contributed by atoms with Crippen molar-refractivity contribution < 1.29 is 9.47 Å². The molecular weight excluding hydrogens is 324 g/mol. The van der Waals surface area contributed by atoms with E-state index in [2.05, 4.69) is 0 Å². The van der Waals surface area contributed by atoms with Gasteiger partial charge in [-0.3, -0.25) is 0 Å². The van der Waals surface area contributed by atoms with Gasteiger partial charge in [-0.1, -0.05) is 38.5 Å². The molecule has 26 heavy (non-hydrogen) atoms. The van der Waals surface area contributed by atoms with Crippen molar-refractivity contribution >= 4 is 23.2 Å². The summed E-state index contributed by atoms with van der Waals surface area (Å²) in [6.07, 6.45) is 12.5. The van der Waals surface area contributed by atoms with Gasteiger partial charge >= 0.3 is 0 Å². The molecule has 0 atom stereocenters. The van der Waals surface area contributed by atoms with Crippen LogP contribution >= 0.6 is 0 Å². The lowest BCUT2D eigenvalue weighted by molar-refractivity contribution is 0.327. The van der Waals surface area contributed by atoms with Crippen molar-refractivity contribution in [1.82, 2.24) is 0 Å². The SMILES string of the molecule is COC(=Nc1ccc(N=C(OC)C2CCCCC2)cc1)C1CCCCC1. The van der Waals surface area contributed by atoms with Gasteiger partial charge in [0, 0.05) is 11.8 Å². The fourth-order valence-corrected chi connectivity index (χ4v) is 4.16. The number of nitrogens with zero attached hydrogens (tertiary/aromatic N) is 2. The van der Waals surface area contributed by atoms with Crippen LogP contribution in [0.5, 0.6) is 0 Å². The molecule has 142 valence electrons. The van der Waals surface area contributed by atoms with Crippen LogP contribution in [0.15, 0.2) is 34.3 Å². The number of methoxy groups -OCH3 is 2. The number of rotatable bonds is 4. The summed E-state index contributed by atoms with van der Waals surface area (Å²) in [5.41, 5.74) is 1.87. The Bertz CT molecular complexity index is 555. The van der Waals surface area contributed by atoms with Crippen molar-refractivity contribution in [3.8, 4) is 0 Å². The molecule has 0 bridgehead atoms. The molecule has 0 saturated heterocycles. The molecular formula is C22H32N2O2. The minimum absolute atomic E-state index is 0.470. The van der Waals surface area contributed by atoms with Crippen molar-refractivity contribution in [3.63, 3.8) is 0 Å². The highest BCUT2D eigenvalue weighted by Crippen LogP contribution is 2.29. The number of aliphatic imine (C=N–C) groups is 2. The number of hydrogen-bond donors (Lipinski definition) is 0. The van der Waals surface area contributed by atoms with Gasteiger partial charge < -0.3 is 9.47 Å². The molecule has 0 aliphatic heterocycles. The summed E-state index contributed by atoms with van der Waals surface area (Å²) >= 11 is 0. The van der Waals surface area contributed by atoms with Gasteiger partial charge in [0.05, 0.1) is 25.6 Å². The molecule has 0 spiro atoms. The van der Waals surface area contributed by atoms with Crippen LogP contribution in [0.4, 0.5) is 11.4 Å². The van der Waals surface area contributed by atoms with Gasteiger partial charge in [0.15, 0.2) is 11.8 Å². The fourth-order valence-electron chi connectivity index (χ4n) is 4.16. The van der Waals surface area contributed by atoms with Crippen LogP contribution < -0.4 is 0 Å². The van der Waals surface area contributed by atoms with E-state index < -0.39 is 0 Å². The van der Waals surface area contributed by atoms with Crippen LogP contribution in [0, 0.1) is 11.8 Å². The van der Waals surface area contributed by atoms with E-state index in [1.54, 1.807) is 14.2 Å². The standard InChI is InChI=1S/C22H32N2O2/c1-25-21(17-9-5-3-6-10-17)23-19-13-15-20(16-14-19)24-22(26-2)18-11-7-4-8-12-18/h13-18H,3-12H2,1-2H3. The molecule has 0 unspecified atom stereocenters. The molecule has 2 aliphatic rings. The van der Waals surface area contributed by atoms with Gasteiger partial charge in [-0.15, -0.1) is 0 Å². The number of benzene rings is 1. The highest BCUT2D eigenvalue weighted by Gasteiger charge is 2.21. The highest BCUT2D eigenvalue weighted by atomic mass is 16.5. The Kier molecular flexibility index (Phi) is 7.10. The molecule has 0 radical (unpaired) electrons. The Labute approximate surface area is 157 Å². The second-order valence-electron chi connectivity index (χ2n) is 7.49. The first kappa shape index (κ1) is 18.9. The van der Waals surface area contributed by atoms with Gasteiger partial charge in [0.1, 0.15) is 0 Å². The number of hydrogen-bond acceptors (Lipinski definition) is 4. The molecule has 0 amide bonds. The Balaban J connectivity index is 1.70. The minimum atomic E-state index is 0.470. The minimum Gasteiger partial charge on any atom is -0.484 e. The zero-order chi connectivity index (χ0) is 18.2. The maximum absolute atomic E-state index is 5.59. The van der Waals surface area contributed by atoms with Crippen LogP contribution in [0.3, 0.4) is 0 Å². The molecule has 2 aliphatic carbocycles. The van der Waals surface area contributed by atoms with Crippen LogP contribution in [-0.2, 0) is 9.47 Å². The second-order valence-corrected chi connectivity index (χ2v) is 7.49. The second kappa shape index (κ2) is 9.75. The predicted molar refractivity (Wildman–Crippen MR) is 108 cm³/mol. The third-order valence-corrected chi connectivity index (χ3v) is 5.66. The van der Waals surface area contributed by atoms with Crippen molar-refractivity contribution in [2.24, 2.45) is 21.8 Å². The monoisotopic (exact) mass is 356 g/mol. The average molecular weight is 357 g/mol. The molecule has 3 rings (SSSR count). The molecule has 2 saturated carbocycles. The van der Waals surface area contributed by atoms with E-state index in [1.807, 2.05) is 24.3 Å². The molecule has 1 aromatic rings. The van der Waals surface area contributed by atoms with E-state index in [9.17, 15) is 0 Å². The van der Waals surface area contributed by atoms with Crippen molar-refractivity contribution in [2.75, 3.05) is 14.2 Å². The van der Waals surface area contributed by atoms with Gasteiger partial charge in [-0.05, 0) is 49.9 Å². The summed E-state index contributed by atoms with van der Waals surface area (Å²) in [5, 5.41) is 0. The van der Waals surface area contributed by atoms with E-state index in [-0.39, 0.29) is 0 Å². The molecule has 2 fully saturated rings. The van der Waals surface area contributed by atoms with Gasteiger partial charge in [0.25, 0.3) is 0 Å². The van der Waals surface area contributed by atoms with Crippen molar-refractivity contribution in [1.29, 1.82) is 0 Å². The lowest BCUT2D eigenvalue weighted by atomic mass is 9.89. The van der Waals surface area contributed by atoms with Crippen LogP contribution in [0.2, 0.25) is 0 Å². The van der Waals surface area contributed by atoms with E-state index in [0.717, 1.165) is 23.2 Å². The van der Waals surface area contributed by atoms with Gasteiger partial charge in [0.2, 0.25) is 0 Å². The van der Waals surface area contributed by atoms with E-state index >= 15 is 0 Å². The van der Waals surface area contributed by atoms with Crippen LogP contribution in [0.25, 0.3) is 0 Å². The highest BCUT2D eigenvalue weighted by molar-refractivity contribution is 5.83. The summed E-state index contributed by atoms with van der Waals surface area (Å²) in [7, 11) is 3.47. The van der Waals surface area contributed by atoms with Crippen LogP contribution in [0.1, 0.15) is 64.2 Å². The Hall–Kier alpha value is -1.84. The lowest BCUT2D eigenvalue weighted by Gasteiger charge is -2.22. The quantitative estimate of drug-likeness (QED) is 0.476. The zero-order valence-electron chi connectivity index (χ0n) is 16.2. The summed E-state index contributed by atoms with van der Waals surface area (Å²) < 4.78 is 11.2. The molecule has 4 heteroatoms. The first-order valence-corrected chi connectivity index (χ1v) is 10.2. The maximum Gasteiger partial charge on any atom is 0.191 e. The van der Waals surface area contributed by atoms with Gasteiger partial charge in [-0.2, -0.15) is 0 Å².